The van der Waals surface area contributed by atoms with E-state index in [-0.39, 0.29) is 5.76 Å². The maximum atomic E-state index is 12.0. The summed E-state index contributed by atoms with van der Waals surface area (Å²) in [5.41, 5.74) is 0. The molecule has 1 rings (SSSR count). The van der Waals surface area contributed by atoms with Crippen LogP contribution in [0.2, 0.25) is 0 Å². The van der Waals surface area contributed by atoms with E-state index >= 15 is 0 Å². The molecule has 1 heterocycles. The summed E-state index contributed by atoms with van der Waals surface area (Å²) in [7, 11) is -4.48. The molecule has 0 saturated carbocycles. The molecule has 1 aromatic heterocycles. The van der Waals surface area contributed by atoms with E-state index in [0.29, 0.717) is 4.67 Å². The second kappa shape index (κ2) is 2.94. The Balaban J connectivity index is 2.81. The van der Waals surface area contributed by atoms with Gasteiger partial charge in [0.25, 0.3) is 0 Å². The van der Waals surface area contributed by atoms with Gasteiger partial charge in [0.1, 0.15) is 11.5 Å². The van der Waals surface area contributed by atoms with Crippen LogP contribution in [-0.4, -0.2) is 8.42 Å². The maximum Gasteiger partial charge on any atom is 0.309 e. The number of halogens is 2. The van der Waals surface area contributed by atoms with Crippen molar-refractivity contribution in [2.45, 2.75) is 5.75 Å². The predicted octanol–water partition coefficient (Wildman–Crippen LogP) is 1.84. The molecule has 0 saturated heterocycles. The Morgan fingerprint density at radius 3 is 2.55 bits per heavy atom. The van der Waals surface area contributed by atoms with Crippen molar-refractivity contribution in [1.82, 2.24) is 0 Å². The highest BCUT2D eigenvalue weighted by atomic mass is 79.9. The minimum Gasteiger partial charge on any atom is -0.453 e. The van der Waals surface area contributed by atoms with Gasteiger partial charge < -0.3 is 4.42 Å². The zero-order valence-electron chi connectivity index (χ0n) is 5.25. The first-order chi connectivity index (χ1) is 4.97. The lowest BCUT2D eigenvalue weighted by molar-refractivity contribution is 0.491. The third kappa shape index (κ3) is 3.02. The van der Waals surface area contributed by atoms with E-state index in [0.717, 1.165) is 0 Å². The van der Waals surface area contributed by atoms with Crippen LogP contribution in [-0.2, 0) is 16.0 Å². The van der Waals surface area contributed by atoms with Crippen molar-refractivity contribution in [1.29, 1.82) is 0 Å². The summed E-state index contributed by atoms with van der Waals surface area (Å²) in [5, 5.41) is 0. The fourth-order valence-corrected chi connectivity index (χ4v) is 1.43. The molecule has 3 nitrogen and oxygen atoms in total. The van der Waals surface area contributed by atoms with Gasteiger partial charge in [-0.05, 0) is 28.1 Å². The highest BCUT2D eigenvalue weighted by Crippen LogP contribution is 2.16. The molecule has 1 aromatic rings. The van der Waals surface area contributed by atoms with Gasteiger partial charge in [0.2, 0.25) is 0 Å². The topological polar surface area (TPSA) is 47.3 Å². The third-order valence-corrected chi connectivity index (χ3v) is 2.00. The second-order valence-corrected chi connectivity index (χ2v) is 4.04. The first-order valence-corrected chi connectivity index (χ1v) is 4.98. The predicted molar refractivity (Wildman–Crippen MR) is 40.1 cm³/mol. The average Bonchev–Trinajstić information content (AvgIpc) is 2.10. The molecule has 0 fully saturated rings. The molecule has 0 aliphatic rings. The van der Waals surface area contributed by atoms with Gasteiger partial charge in [0.15, 0.2) is 4.67 Å². The van der Waals surface area contributed by atoms with Crippen LogP contribution < -0.4 is 0 Å². The summed E-state index contributed by atoms with van der Waals surface area (Å²) in [6.45, 7) is 0. The van der Waals surface area contributed by atoms with E-state index in [1.165, 1.54) is 12.1 Å². The van der Waals surface area contributed by atoms with Crippen molar-refractivity contribution in [3.8, 4) is 0 Å². The van der Waals surface area contributed by atoms with Crippen molar-refractivity contribution in [2.75, 3.05) is 0 Å². The van der Waals surface area contributed by atoms with Crippen LogP contribution in [0.25, 0.3) is 0 Å². The number of rotatable bonds is 2. The van der Waals surface area contributed by atoms with E-state index < -0.39 is 16.0 Å². The molecular formula is C5H4BrFO3S. The molecule has 62 valence electrons. The monoisotopic (exact) mass is 242 g/mol. The van der Waals surface area contributed by atoms with Crippen molar-refractivity contribution in [3.05, 3.63) is 22.6 Å². The van der Waals surface area contributed by atoms with Crippen molar-refractivity contribution >= 4 is 26.2 Å². The van der Waals surface area contributed by atoms with Gasteiger partial charge in [-0.15, -0.1) is 3.89 Å². The fourth-order valence-electron chi connectivity index (χ4n) is 0.599. The Kier molecular flexibility index (Phi) is 2.34. The minimum atomic E-state index is -4.48. The average molecular weight is 243 g/mol. The van der Waals surface area contributed by atoms with Gasteiger partial charge in [0.05, 0.1) is 0 Å². The van der Waals surface area contributed by atoms with Crippen molar-refractivity contribution < 1.29 is 16.7 Å². The molecule has 0 N–H and O–H groups in total. The zero-order chi connectivity index (χ0) is 8.48. The normalized spacial score (nSPS) is 11.8. The van der Waals surface area contributed by atoms with E-state index in [2.05, 4.69) is 15.9 Å². The molecule has 0 aliphatic carbocycles. The molecule has 0 unspecified atom stereocenters. The first-order valence-electron chi connectivity index (χ1n) is 2.64. The molecule has 0 spiro atoms. The minimum absolute atomic E-state index is 0.0828. The lowest BCUT2D eigenvalue weighted by Gasteiger charge is -1.87. The Bertz CT molecular complexity index is 342. The van der Waals surface area contributed by atoms with E-state index in [4.69, 9.17) is 4.42 Å². The smallest absolute Gasteiger partial charge is 0.309 e. The molecule has 6 heteroatoms. The first kappa shape index (κ1) is 8.73. The van der Waals surface area contributed by atoms with Crippen LogP contribution in [0.1, 0.15) is 5.76 Å². The van der Waals surface area contributed by atoms with Crippen LogP contribution in [0.5, 0.6) is 0 Å². The Labute approximate surface area is 71.5 Å². The summed E-state index contributed by atoms with van der Waals surface area (Å²) in [6, 6.07) is 2.89. The van der Waals surface area contributed by atoms with Gasteiger partial charge >= 0.3 is 10.2 Å². The maximum absolute atomic E-state index is 12.0. The number of furan rings is 1. The second-order valence-electron chi connectivity index (χ2n) is 1.89. The van der Waals surface area contributed by atoms with E-state index in [9.17, 15) is 12.3 Å². The SMILES string of the molecule is O=S(=O)(F)Cc1ccc(Br)o1. The molecule has 0 aromatic carbocycles. The summed E-state index contributed by atoms with van der Waals surface area (Å²) in [6.07, 6.45) is 0. The number of hydrogen-bond donors (Lipinski definition) is 0. The molecule has 0 aliphatic heterocycles. The van der Waals surface area contributed by atoms with Crippen LogP contribution in [0, 0.1) is 0 Å². The Hall–Kier alpha value is -0.360. The quantitative estimate of drug-likeness (QED) is 0.744. The Morgan fingerprint density at radius 2 is 2.18 bits per heavy atom. The molecule has 0 radical (unpaired) electrons. The summed E-state index contributed by atoms with van der Waals surface area (Å²) in [4.78, 5) is 0. The molecule has 0 bridgehead atoms. The fraction of sp³-hybridized carbons (Fsp3) is 0.200. The highest BCUT2D eigenvalue weighted by molar-refractivity contribution is 9.10. The largest absolute Gasteiger partial charge is 0.453 e. The van der Waals surface area contributed by atoms with E-state index in [1.54, 1.807) is 0 Å². The van der Waals surface area contributed by atoms with Crippen molar-refractivity contribution in [3.63, 3.8) is 0 Å². The van der Waals surface area contributed by atoms with Gasteiger partial charge in [0, 0.05) is 0 Å². The number of hydrogen-bond acceptors (Lipinski definition) is 3. The Morgan fingerprint density at radius 1 is 1.55 bits per heavy atom. The molecular weight excluding hydrogens is 239 g/mol. The molecule has 0 atom stereocenters. The summed E-state index contributed by atoms with van der Waals surface area (Å²) in [5.74, 6) is -0.627. The van der Waals surface area contributed by atoms with Crippen LogP contribution in [0.3, 0.4) is 0 Å². The van der Waals surface area contributed by atoms with E-state index in [1.807, 2.05) is 0 Å². The van der Waals surface area contributed by atoms with Crippen LogP contribution in [0.15, 0.2) is 21.2 Å². The lowest BCUT2D eigenvalue weighted by Crippen LogP contribution is -1.93. The van der Waals surface area contributed by atoms with Gasteiger partial charge in [-0.25, -0.2) is 0 Å². The van der Waals surface area contributed by atoms with Crippen molar-refractivity contribution in [2.24, 2.45) is 0 Å². The summed E-state index contributed by atoms with van der Waals surface area (Å²) < 4.78 is 37.3. The standard InChI is InChI=1S/C5H4BrFO3S/c6-5-2-1-4(10-5)3-11(7,8)9/h1-2H,3H2. The lowest BCUT2D eigenvalue weighted by atomic mass is 10.5. The van der Waals surface area contributed by atoms with Gasteiger partial charge in [-0.3, -0.25) is 0 Å². The molecule has 11 heavy (non-hydrogen) atoms. The van der Waals surface area contributed by atoms with Crippen LogP contribution in [0.4, 0.5) is 3.89 Å². The highest BCUT2D eigenvalue weighted by Gasteiger charge is 2.11. The van der Waals surface area contributed by atoms with Gasteiger partial charge in [-0.2, -0.15) is 8.42 Å². The van der Waals surface area contributed by atoms with Crippen LogP contribution >= 0.6 is 15.9 Å². The zero-order valence-corrected chi connectivity index (χ0v) is 7.65. The summed E-state index contributed by atoms with van der Waals surface area (Å²) >= 11 is 2.96. The molecule has 0 amide bonds. The third-order valence-electron chi connectivity index (χ3n) is 0.944. The van der Waals surface area contributed by atoms with Gasteiger partial charge in [-0.1, -0.05) is 0 Å².